The van der Waals surface area contributed by atoms with Gasteiger partial charge in [0.15, 0.2) is 0 Å². The van der Waals surface area contributed by atoms with Gasteiger partial charge in [0, 0.05) is 11.6 Å². The Morgan fingerprint density at radius 2 is 1.46 bits per heavy atom. The first-order valence-electron chi connectivity index (χ1n) is 8.30. The van der Waals surface area contributed by atoms with Crippen LogP contribution in [0.15, 0.2) is 71.9 Å². The minimum atomic E-state index is -0.0611. The molecule has 0 spiro atoms. The number of carbonyl (C=O) groups excluding carboxylic acids is 1. The second-order valence-corrected chi connectivity index (χ2v) is 6.23. The minimum Gasteiger partial charge on any atom is -0.326 e. The highest BCUT2D eigenvalue weighted by Gasteiger charge is 2.12. The van der Waals surface area contributed by atoms with Gasteiger partial charge in [0.2, 0.25) is 5.91 Å². The quantitative estimate of drug-likeness (QED) is 0.745. The van der Waals surface area contributed by atoms with Crippen LogP contribution in [0.3, 0.4) is 0 Å². The average Bonchev–Trinajstić information content (AvgIpc) is 2.61. The molecule has 0 aliphatic rings. The fourth-order valence-electron chi connectivity index (χ4n) is 2.34. The van der Waals surface area contributed by atoms with E-state index in [1.54, 1.807) is 0 Å². The fraction of sp³-hybridized carbons (Fsp3) is 0.227. The van der Waals surface area contributed by atoms with Gasteiger partial charge in [-0.3, -0.25) is 4.79 Å². The zero-order chi connectivity index (χ0) is 17.5. The Labute approximate surface area is 144 Å². The van der Waals surface area contributed by atoms with Gasteiger partial charge in [0.1, 0.15) is 0 Å². The van der Waals surface area contributed by atoms with E-state index in [1.165, 1.54) is 0 Å². The molecule has 0 aromatic heterocycles. The summed E-state index contributed by atoms with van der Waals surface area (Å²) in [5.41, 5.74) is 5.30. The molecule has 24 heavy (non-hydrogen) atoms. The molecule has 0 saturated heterocycles. The van der Waals surface area contributed by atoms with Crippen LogP contribution in [0, 0.1) is 5.92 Å². The topological polar surface area (TPSA) is 29.1 Å². The van der Waals surface area contributed by atoms with Gasteiger partial charge in [0.25, 0.3) is 0 Å². The Bertz CT molecular complexity index is 740. The van der Waals surface area contributed by atoms with Crippen molar-refractivity contribution in [2.75, 3.05) is 0 Å². The van der Waals surface area contributed by atoms with E-state index >= 15 is 0 Å². The lowest BCUT2D eigenvalue weighted by atomic mass is 9.99. The molecule has 0 unspecified atom stereocenters. The summed E-state index contributed by atoms with van der Waals surface area (Å²) < 4.78 is 0. The Balaban J connectivity index is 2.45. The third-order valence-corrected chi connectivity index (χ3v) is 4.07. The van der Waals surface area contributed by atoms with E-state index in [0.29, 0.717) is 0 Å². The van der Waals surface area contributed by atoms with Gasteiger partial charge in [-0.25, -0.2) is 0 Å². The van der Waals surface area contributed by atoms with Crippen molar-refractivity contribution < 1.29 is 4.79 Å². The normalized spacial score (nSPS) is 12.8. The summed E-state index contributed by atoms with van der Waals surface area (Å²) in [6, 6.07) is 20.3. The summed E-state index contributed by atoms with van der Waals surface area (Å²) in [4.78, 5) is 12.2. The van der Waals surface area contributed by atoms with Crippen molar-refractivity contribution in [2.45, 2.75) is 27.7 Å². The largest absolute Gasteiger partial charge is 0.326 e. The van der Waals surface area contributed by atoms with Crippen LogP contribution in [-0.4, -0.2) is 5.91 Å². The molecule has 2 aromatic carbocycles. The number of allylic oxidation sites excluding steroid dienone is 2. The predicted octanol–water partition coefficient (Wildman–Crippen LogP) is 5.29. The number of hydrogen-bond donors (Lipinski definition) is 1. The van der Waals surface area contributed by atoms with Crippen molar-refractivity contribution in [1.29, 1.82) is 0 Å². The first kappa shape index (κ1) is 17.7. The van der Waals surface area contributed by atoms with E-state index in [9.17, 15) is 4.79 Å². The lowest BCUT2D eigenvalue weighted by Crippen LogP contribution is -2.27. The van der Waals surface area contributed by atoms with E-state index in [2.05, 4.69) is 31.3 Å². The van der Waals surface area contributed by atoms with E-state index < -0.39 is 0 Å². The molecule has 1 amide bonds. The van der Waals surface area contributed by atoms with Gasteiger partial charge in [-0.2, -0.15) is 0 Å². The van der Waals surface area contributed by atoms with Gasteiger partial charge < -0.3 is 5.32 Å². The molecular weight excluding hydrogens is 294 g/mol. The maximum atomic E-state index is 12.2. The number of nitrogens with one attached hydrogen (secondary N) is 1. The van der Waals surface area contributed by atoms with Crippen molar-refractivity contribution in [2.24, 2.45) is 5.92 Å². The summed E-state index contributed by atoms with van der Waals surface area (Å²) >= 11 is 0. The SMILES string of the molecule is CC(C(=Cc1ccccc1)NC(=O)C(C)C)=C(C)c1ccccc1. The van der Waals surface area contributed by atoms with Crippen LogP contribution < -0.4 is 5.32 Å². The number of benzene rings is 2. The van der Waals surface area contributed by atoms with Crippen molar-refractivity contribution in [3.8, 4) is 0 Å². The number of hydrogen-bond acceptors (Lipinski definition) is 1. The molecule has 0 radical (unpaired) electrons. The second-order valence-electron chi connectivity index (χ2n) is 6.23. The molecule has 124 valence electrons. The minimum absolute atomic E-state index is 0.0254. The van der Waals surface area contributed by atoms with Crippen LogP contribution >= 0.6 is 0 Å². The molecule has 0 atom stereocenters. The Hall–Kier alpha value is -2.61. The molecule has 0 heterocycles. The first-order chi connectivity index (χ1) is 11.5. The number of carbonyl (C=O) groups is 1. The van der Waals surface area contributed by atoms with Crippen molar-refractivity contribution in [3.05, 3.63) is 83.1 Å². The van der Waals surface area contributed by atoms with E-state index in [-0.39, 0.29) is 11.8 Å². The summed E-state index contributed by atoms with van der Waals surface area (Å²) in [6.07, 6.45) is 2.03. The van der Waals surface area contributed by atoms with E-state index in [0.717, 1.165) is 28.0 Å². The summed E-state index contributed by atoms with van der Waals surface area (Å²) in [7, 11) is 0. The van der Waals surface area contributed by atoms with Crippen LogP contribution in [0.5, 0.6) is 0 Å². The Kier molecular flexibility index (Phi) is 6.14. The highest BCUT2D eigenvalue weighted by Crippen LogP contribution is 2.23. The molecule has 0 fully saturated rings. The maximum absolute atomic E-state index is 12.2. The van der Waals surface area contributed by atoms with Gasteiger partial charge in [-0.05, 0) is 42.2 Å². The Morgan fingerprint density at radius 3 is 2.00 bits per heavy atom. The highest BCUT2D eigenvalue weighted by molar-refractivity contribution is 5.84. The van der Waals surface area contributed by atoms with Crippen molar-refractivity contribution >= 4 is 17.6 Å². The smallest absolute Gasteiger partial charge is 0.226 e. The van der Waals surface area contributed by atoms with E-state index in [1.807, 2.05) is 68.5 Å². The summed E-state index contributed by atoms with van der Waals surface area (Å²) in [5, 5.41) is 3.08. The van der Waals surface area contributed by atoms with Crippen LogP contribution in [0.2, 0.25) is 0 Å². The second kappa shape index (κ2) is 8.30. The van der Waals surface area contributed by atoms with Crippen molar-refractivity contribution in [3.63, 3.8) is 0 Å². The van der Waals surface area contributed by atoms with Gasteiger partial charge in [0.05, 0.1) is 0 Å². The highest BCUT2D eigenvalue weighted by atomic mass is 16.1. The zero-order valence-corrected chi connectivity index (χ0v) is 14.8. The molecular formula is C22H25NO. The maximum Gasteiger partial charge on any atom is 0.226 e. The Morgan fingerprint density at radius 1 is 0.917 bits per heavy atom. The van der Waals surface area contributed by atoms with Crippen molar-refractivity contribution in [1.82, 2.24) is 5.32 Å². The van der Waals surface area contributed by atoms with Gasteiger partial charge >= 0.3 is 0 Å². The molecule has 1 N–H and O–H groups in total. The van der Waals surface area contributed by atoms with Crippen LogP contribution in [-0.2, 0) is 4.79 Å². The lowest BCUT2D eigenvalue weighted by molar-refractivity contribution is -0.123. The molecule has 0 bridgehead atoms. The lowest BCUT2D eigenvalue weighted by Gasteiger charge is -2.16. The monoisotopic (exact) mass is 319 g/mol. The van der Waals surface area contributed by atoms with Crippen LogP contribution in [0.25, 0.3) is 11.6 Å². The molecule has 0 aliphatic heterocycles. The number of rotatable bonds is 5. The fourth-order valence-corrected chi connectivity index (χ4v) is 2.34. The zero-order valence-electron chi connectivity index (χ0n) is 14.8. The van der Waals surface area contributed by atoms with Crippen LogP contribution in [0.4, 0.5) is 0 Å². The predicted molar refractivity (Wildman–Crippen MR) is 102 cm³/mol. The van der Waals surface area contributed by atoms with E-state index in [4.69, 9.17) is 0 Å². The first-order valence-corrected chi connectivity index (χ1v) is 8.30. The molecule has 0 aliphatic carbocycles. The molecule has 2 rings (SSSR count). The standard InChI is InChI=1S/C22H25NO/c1-16(2)22(24)23-21(15-19-11-7-5-8-12-19)18(4)17(3)20-13-9-6-10-14-20/h5-16H,1-4H3,(H,23,24). The van der Waals surface area contributed by atoms with Gasteiger partial charge in [-0.15, -0.1) is 0 Å². The molecule has 2 nitrogen and oxygen atoms in total. The number of amides is 1. The average molecular weight is 319 g/mol. The van der Waals surface area contributed by atoms with Crippen LogP contribution in [0.1, 0.15) is 38.8 Å². The third-order valence-electron chi connectivity index (χ3n) is 4.07. The third kappa shape index (κ3) is 4.69. The summed E-state index contributed by atoms with van der Waals surface area (Å²) in [5.74, 6) is -0.0357. The summed E-state index contributed by atoms with van der Waals surface area (Å²) in [6.45, 7) is 7.94. The molecule has 2 aromatic rings. The van der Waals surface area contributed by atoms with Gasteiger partial charge in [-0.1, -0.05) is 74.5 Å². The molecule has 2 heteroatoms. The molecule has 0 saturated carbocycles.